The van der Waals surface area contributed by atoms with Gasteiger partial charge in [-0.05, 0) is 62.9 Å². The molecule has 2 nitrogen and oxygen atoms in total. The topological polar surface area (TPSA) is 14.2 Å². The lowest BCUT2D eigenvalue weighted by atomic mass is 9.61. The number of hydrogen-bond donors (Lipinski definition) is 0. The van der Waals surface area contributed by atoms with Gasteiger partial charge in [-0.1, -0.05) is 152 Å². The summed E-state index contributed by atoms with van der Waals surface area (Å²) in [5.41, 5.74) is 12.6. The molecule has 2 aliphatic heterocycles. The molecule has 0 saturated heterocycles. The van der Waals surface area contributed by atoms with Gasteiger partial charge >= 0.3 is 0 Å². The molecule has 0 fully saturated rings. The molecule has 0 amide bonds. The number of ether oxygens (including phenoxy) is 1. The predicted octanol–water partition coefficient (Wildman–Crippen LogP) is 12.1. The van der Waals surface area contributed by atoms with Crippen molar-refractivity contribution in [2.45, 2.75) is 5.41 Å². The van der Waals surface area contributed by atoms with Crippen LogP contribution in [0.25, 0.3) is 60.5 Å². The van der Waals surface area contributed by atoms with E-state index in [0.717, 1.165) is 22.6 Å². The van der Waals surface area contributed by atoms with E-state index in [1.165, 1.54) is 71.6 Å². The van der Waals surface area contributed by atoms with Crippen LogP contribution in [-0.4, -0.2) is 4.57 Å². The highest BCUT2D eigenvalue weighted by atomic mass is 16.5. The fourth-order valence-electron chi connectivity index (χ4n) is 8.78. The minimum absolute atomic E-state index is 0.578. The molecule has 1 aromatic heterocycles. The number of nitrogens with zero attached hydrogens (tertiary/aromatic N) is 1. The van der Waals surface area contributed by atoms with Crippen LogP contribution in [0.5, 0.6) is 11.5 Å². The average Bonchev–Trinajstić information content (AvgIpc) is 3.51. The lowest BCUT2D eigenvalue weighted by Crippen LogP contribution is -2.37. The number of para-hydroxylation sites is 5. The summed E-state index contributed by atoms with van der Waals surface area (Å²) in [4.78, 5) is 0. The van der Waals surface area contributed by atoms with E-state index in [0.29, 0.717) is 0 Å². The van der Waals surface area contributed by atoms with Crippen LogP contribution in [0, 0.1) is 0 Å². The van der Waals surface area contributed by atoms with Gasteiger partial charge in [0.15, 0.2) is 0 Å². The van der Waals surface area contributed by atoms with Crippen molar-refractivity contribution in [3.05, 3.63) is 198 Å². The lowest BCUT2D eigenvalue weighted by Gasteiger charge is -2.45. The van der Waals surface area contributed by atoms with Gasteiger partial charge < -0.3 is 9.30 Å². The normalized spacial score (nSPS) is 15.6. The standard InChI is InChI=1S/C47H29NO/c1-2-12-33-29-34(28-25-30(33)11-1)31-23-26-32(27-24-31)35-14-9-19-41-46(35)49-44-22-8-5-17-39(44)47(41)38-16-4-7-21-43(38)48-42-20-6-3-13-36(42)37-15-10-18-40(47)45(37)48/h1-29H. The quantitative estimate of drug-likeness (QED) is 0.187. The molecule has 49 heavy (non-hydrogen) atoms. The van der Waals surface area contributed by atoms with E-state index in [1.807, 2.05) is 0 Å². The van der Waals surface area contributed by atoms with Crippen LogP contribution in [0.15, 0.2) is 176 Å². The second-order valence-corrected chi connectivity index (χ2v) is 13.2. The smallest absolute Gasteiger partial charge is 0.140 e. The van der Waals surface area contributed by atoms with Crippen LogP contribution in [0.2, 0.25) is 0 Å². The van der Waals surface area contributed by atoms with Crippen molar-refractivity contribution in [3.8, 4) is 39.4 Å². The number of hydrogen-bond acceptors (Lipinski definition) is 1. The molecule has 228 valence electrons. The van der Waals surface area contributed by atoms with E-state index < -0.39 is 5.41 Å². The summed E-state index contributed by atoms with van der Waals surface area (Å²) in [5.74, 6) is 1.81. The molecule has 2 aliphatic rings. The van der Waals surface area contributed by atoms with Gasteiger partial charge in [-0.15, -0.1) is 0 Å². The minimum Gasteiger partial charge on any atom is -0.456 e. The zero-order valence-electron chi connectivity index (χ0n) is 26.6. The minimum atomic E-state index is -0.578. The highest BCUT2D eigenvalue weighted by Crippen LogP contribution is 2.61. The van der Waals surface area contributed by atoms with Gasteiger partial charge in [-0.3, -0.25) is 0 Å². The maximum absolute atomic E-state index is 7.00. The molecule has 0 bridgehead atoms. The van der Waals surface area contributed by atoms with E-state index in [4.69, 9.17) is 4.74 Å². The maximum Gasteiger partial charge on any atom is 0.140 e. The first kappa shape index (κ1) is 26.7. The summed E-state index contributed by atoms with van der Waals surface area (Å²) in [5, 5.41) is 5.05. The van der Waals surface area contributed by atoms with Gasteiger partial charge in [0.1, 0.15) is 11.5 Å². The lowest BCUT2D eigenvalue weighted by molar-refractivity contribution is 0.435. The summed E-state index contributed by atoms with van der Waals surface area (Å²) in [6.45, 7) is 0. The first-order valence-electron chi connectivity index (χ1n) is 16.9. The van der Waals surface area contributed by atoms with E-state index in [1.54, 1.807) is 0 Å². The van der Waals surface area contributed by atoms with Gasteiger partial charge in [-0.25, -0.2) is 0 Å². The molecule has 1 atom stereocenters. The zero-order chi connectivity index (χ0) is 32.1. The predicted molar refractivity (Wildman–Crippen MR) is 201 cm³/mol. The number of aromatic nitrogens is 1. The third kappa shape index (κ3) is 3.50. The van der Waals surface area contributed by atoms with Crippen molar-refractivity contribution >= 4 is 32.6 Å². The Kier molecular flexibility index (Phi) is 5.34. The number of rotatable bonds is 2. The Balaban J connectivity index is 1.18. The Hall–Kier alpha value is -6.38. The molecule has 1 spiro atoms. The van der Waals surface area contributed by atoms with Crippen LogP contribution in [0.1, 0.15) is 22.3 Å². The summed E-state index contributed by atoms with van der Waals surface area (Å²) in [6, 6.07) is 64.1. The summed E-state index contributed by atoms with van der Waals surface area (Å²) < 4.78 is 9.48. The molecular weight excluding hydrogens is 595 g/mol. The third-order valence-electron chi connectivity index (χ3n) is 10.8. The summed E-state index contributed by atoms with van der Waals surface area (Å²) >= 11 is 0. The van der Waals surface area contributed by atoms with Crippen molar-refractivity contribution in [2.75, 3.05) is 0 Å². The van der Waals surface area contributed by atoms with Gasteiger partial charge in [0.25, 0.3) is 0 Å². The maximum atomic E-state index is 7.00. The Morgan fingerprint density at radius 3 is 2.00 bits per heavy atom. The molecule has 0 radical (unpaired) electrons. The second-order valence-electron chi connectivity index (χ2n) is 13.2. The van der Waals surface area contributed by atoms with E-state index in [2.05, 4.69) is 180 Å². The highest BCUT2D eigenvalue weighted by molar-refractivity contribution is 6.12. The third-order valence-corrected chi connectivity index (χ3v) is 10.8. The fraction of sp³-hybridized carbons (Fsp3) is 0.0213. The average molecular weight is 624 g/mol. The molecule has 0 aliphatic carbocycles. The monoisotopic (exact) mass is 623 g/mol. The van der Waals surface area contributed by atoms with Crippen molar-refractivity contribution in [3.63, 3.8) is 0 Å². The van der Waals surface area contributed by atoms with E-state index in [-0.39, 0.29) is 0 Å². The van der Waals surface area contributed by atoms with Crippen LogP contribution < -0.4 is 4.74 Å². The molecule has 0 saturated carbocycles. The Morgan fingerprint density at radius 2 is 1.08 bits per heavy atom. The first-order chi connectivity index (χ1) is 24.3. The van der Waals surface area contributed by atoms with Crippen molar-refractivity contribution in [1.82, 2.24) is 4.57 Å². The number of benzene rings is 8. The largest absolute Gasteiger partial charge is 0.456 e. The van der Waals surface area contributed by atoms with Crippen LogP contribution in [0.3, 0.4) is 0 Å². The van der Waals surface area contributed by atoms with E-state index in [9.17, 15) is 0 Å². The first-order valence-corrected chi connectivity index (χ1v) is 16.9. The summed E-state index contributed by atoms with van der Waals surface area (Å²) in [6.07, 6.45) is 0. The molecule has 1 unspecified atom stereocenters. The van der Waals surface area contributed by atoms with Gasteiger partial charge in [0.2, 0.25) is 0 Å². The zero-order valence-corrected chi connectivity index (χ0v) is 26.6. The Labute approximate surface area is 284 Å². The van der Waals surface area contributed by atoms with Crippen LogP contribution >= 0.6 is 0 Å². The van der Waals surface area contributed by atoms with Gasteiger partial charge in [0.05, 0.1) is 22.1 Å². The Bertz CT molecular complexity index is 2800. The molecule has 8 aromatic carbocycles. The molecule has 2 heteroatoms. The van der Waals surface area contributed by atoms with Crippen LogP contribution in [0.4, 0.5) is 0 Å². The molecule has 9 aromatic rings. The van der Waals surface area contributed by atoms with Gasteiger partial charge in [0, 0.05) is 27.5 Å². The van der Waals surface area contributed by atoms with E-state index >= 15 is 0 Å². The van der Waals surface area contributed by atoms with Crippen LogP contribution in [-0.2, 0) is 5.41 Å². The number of fused-ring (bicyclic) bond motifs is 12. The SMILES string of the molecule is c1ccc2c(c1)Oc1c(-c3ccc(-c4ccc5ccccc5c4)cc3)cccc1C21c2ccccc2-n2c3ccccc3c3cccc1c32. The van der Waals surface area contributed by atoms with Crippen molar-refractivity contribution in [1.29, 1.82) is 0 Å². The molecule has 0 N–H and O–H groups in total. The summed E-state index contributed by atoms with van der Waals surface area (Å²) in [7, 11) is 0. The van der Waals surface area contributed by atoms with Gasteiger partial charge in [-0.2, -0.15) is 0 Å². The molecule has 3 heterocycles. The highest BCUT2D eigenvalue weighted by Gasteiger charge is 2.50. The second kappa shape index (κ2) is 9.82. The molecule has 11 rings (SSSR count). The Morgan fingerprint density at radius 1 is 0.429 bits per heavy atom. The molecular formula is C47H29NO. The van der Waals surface area contributed by atoms with Crippen molar-refractivity contribution < 1.29 is 4.74 Å². The van der Waals surface area contributed by atoms with Crippen molar-refractivity contribution in [2.24, 2.45) is 0 Å². The fourth-order valence-corrected chi connectivity index (χ4v) is 8.78.